The van der Waals surface area contributed by atoms with Gasteiger partial charge in [-0.15, -0.1) is 0 Å². The molecule has 1 aromatic rings. The van der Waals surface area contributed by atoms with E-state index in [2.05, 4.69) is 16.1 Å². The van der Waals surface area contributed by atoms with Crippen LogP contribution in [0, 0.1) is 18.8 Å². The predicted octanol–water partition coefficient (Wildman–Crippen LogP) is 1.30. The van der Waals surface area contributed by atoms with Crippen molar-refractivity contribution in [3.63, 3.8) is 0 Å². The Bertz CT molecular complexity index is 544. The maximum atomic E-state index is 10.0. The van der Waals surface area contributed by atoms with E-state index < -0.39 is 0 Å². The third-order valence-electron chi connectivity index (χ3n) is 4.70. The first-order valence-electron chi connectivity index (χ1n) is 7.11. The van der Waals surface area contributed by atoms with Gasteiger partial charge < -0.3 is 20.9 Å². The van der Waals surface area contributed by atoms with Crippen LogP contribution in [0.3, 0.4) is 0 Å². The highest BCUT2D eigenvalue weighted by Gasteiger charge is 2.42. The maximum Gasteiger partial charge on any atom is 0.172 e. The van der Waals surface area contributed by atoms with Crippen molar-refractivity contribution in [2.75, 3.05) is 18.0 Å². The second-order valence-electron chi connectivity index (χ2n) is 5.98. The molecule has 4 N–H and O–H groups in total. The Kier molecular flexibility index (Phi) is 3.30. The molecule has 0 amide bonds. The number of aliphatic hydroxyl groups excluding tert-OH is 1. The lowest BCUT2D eigenvalue weighted by Crippen LogP contribution is -2.27. The lowest BCUT2D eigenvalue weighted by molar-refractivity contribution is 0.133. The van der Waals surface area contributed by atoms with E-state index in [1.807, 2.05) is 19.1 Å². The molecular weight excluding hydrogens is 254 g/mol. The minimum Gasteiger partial charge on any atom is -0.409 e. The highest BCUT2D eigenvalue weighted by Crippen LogP contribution is 2.40. The molecule has 0 radical (unpaired) electrons. The molecule has 1 aliphatic carbocycles. The molecule has 5 heteroatoms. The van der Waals surface area contributed by atoms with Crippen LogP contribution >= 0.6 is 0 Å². The molecule has 108 valence electrons. The third-order valence-corrected chi connectivity index (χ3v) is 4.70. The maximum absolute atomic E-state index is 10.0. The van der Waals surface area contributed by atoms with Crippen molar-refractivity contribution in [3.8, 4) is 0 Å². The standard InChI is InChI=1S/C15H21N3O2/c1-9-2-4-11(15(16)17-20)13(6-9)18-7-10-3-5-14(19)12(10)8-18/h2,4,6,10,12,14,19-20H,3,5,7-8H2,1H3,(H2,16,17). The van der Waals surface area contributed by atoms with Crippen molar-refractivity contribution in [2.45, 2.75) is 25.9 Å². The van der Waals surface area contributed by atoms with Gasteiger partial charge in [0.1, 0.15) is 0 Å². The van der Waals surface area contributed by atoms with Gasteiger partial charge in [0, 0.05) is 30.3 Å². The SMILES string of the molecule is Cc1ccc(/C(N)=N/O)c(N2CC3CCC(O)C3C2)c1. The molecule has 0 spiro atoms. The molecule has 1 saturated carbocycles. The summed E-state index contributed by atoms with van der Waals surface area (Å²) in [5, 5.41) is 22.1. The Morgan fingerprint density at radius 2 is 2.15 bits per heavy atom. The molecule has 1 aromatic carbocycles. The fourth-order valence-corrected chi connectivity index (χ4v) is 3.61. The number of anilines is 1. The van der Waals surface area contributed by atoms with Gasteiger partial charge in [-0.25, -0.2) is 0 Å². The Morgan fingerprint density at radius 1 is 1.35 bits per heavy atom. The van der Waals surface area contributed by atoms with Gasteiger partial charge in [0.25, 0.3) is 0 Å². The molecule has 3 atom stereocenters. The van der Waals surface area contributed by atoms with Crippen LogP contribution in [0.2, 0.25) is 0 Å². The van der Waals surface area contributed by atoms with E-state index in [0.717, 1.165) is 42.7 Å². The molecule has 2 aliphatic rings. The quantitative estimate of drug-likeness (QED) is 0.329. The van der Waals surface area contributed by atoms with E-state index in [1.54, 1.807) is 0 Å². The number of amidine groups is 1. The minimum absolute atomic E-state index is 0.137. The van der Waals surface area contributed by atoms with E-state index in [1.165, 1.54) is 0 Å². The van der Waals surface area contributed by atoms with Crippen LogP contribution in [0.5, 0.6) is 0 Å². The van der Waals surface area contributed by atoms with Gasteiger partial charge >= 0.3 is 0 Å². The number of hydrogen-bond acceptors (Lipinski definition) is 4. The zero-order valence-corrected chi connectivity index (χ0v) is 11.7. The van der Waals surface area contributed by atoms with Gasteiger partial charge in [-0.3, -0.25) is 0 Å². The van der Waals surface area contributed by atoms with Crippen LogP contribution in [-0.2, 0) is 0 Å². The van der Waals surface area contributed by atoms with E-state index in [-0.39, 0.29) is 11.9 Å². The van der Waals surface area contributed by atoms with Crippen molar-refractivity contribution in [3.05, 3.63) is 29.3 Å². The molecule has 1 heterocycles. The first-order chi connectivity index (χ1) is 9.60. The lowest BCUT2D eigenvalue weighted by atomic mass is 10.00. The summed E-state index contributed by atoms with van der Waals surface area (Å²) in [4.78, 5) is 2.26. The average molecular weight is 275 g/mol. The molecule has 2 fully saturated rings. The Morgan fingerprint density at radius 3 is 2.85 bits per heavy atom. The Balaban J connectivity index is 1.93. The van der Waals surface area contributed by atoms with Crippen molar-refractivity contribution in [1.82, 2.24) is 0 Å². The molecule has 0 aromatic heterocycles. The number of fused-ring (bicyclic) bond motifs is 1. The number of aryl methyl sites for hydroxylation is 1. The largest absolute Gasteiger partial charge is 0.409 e. The van der Waals surface area contributed by atoms with Crippen LogP contribution < -0.4 is 10.6 Å². The van der Waals surface area contributed by atoms with E-state index in [4.69, 9.17) is 10.9 Å². The first kappa shape index (κ1) is 13.2. The van der Waals surface area contributed by atoms with Gasteiger partial charge in [0.2, 0.25) is 0 Å². The number of nitrogens with zero attached hydrogens (tertiary/aromatic N) is 2. The number of hydrogen-bond donors (Lipinski definition) is 3. The number of aliphatic hydroxyl groups is 1. The summed E-state index contributed by atoms with van der Waals surface area (Å²) in [5.41, 5.74) is 8.68. The molecule has 3 unspecified atom stereocenters. The summed E-state index contributed by atoms with van der Waals surface area (Å²) >= 11 is 0. The summed E-state index contributed by atoms with van der Waals surface area (Å²) < 4.78 is 0. The highest BCUT2D eigenvalue weighted by atomic mass is 16.4. The second-order valence-corrected chi connectivity index (χ2v) is 5.98. The van der Waals surface area contributed by atoms with E-state index in [0.29, 0.717) is 11.8 Å². The third kappa shape index (κ3) is 2.12. The summed E-state index contributed by atoms with van der Waals surface area (Å²) in [7, 11) is 0. The molecule has 0 bridgehead atoms. The smallest absolute Gasteiger partial charge is 0.172 e. The second kappa shape index (κ2) is 4.98. The number of oxime groups is 1. The predicted molar refractivity (Wildman–Crippen MR) is 78.1 cm³/mol. The van der Waals surface area contributed by atoms with E-state index in [9.17, 15) is 5.11 Å². The fourth-order valence-electron chi connectivity index (χ4n) is 3.61. The minimum atomic E-state index is -0.179. The molecular formula is C15H21N3O2. The highest BCUT2D eigenvalue weighted by molar-refractivity contribution is 6.02. The van der Waals surface area contributed by atoms with Crippen molar-refractivity contribution in [2.24, 2.45) is 22.7 Å². The number of nitrogens with two attached hydrogens (primary N) is 1. The zero-order chi connectivity index (χ0) is 14.3. The fraction of sp³-hybridized carbons (Fsp3) is 0.533. The summed E-state index contributed by atoms with van der Waals surface area (Å²) in [6.45, 7) is 3.82. The van der Waals surface area contributed by atoms with Crippen LogP contribution in [0.4, 0.5) is 5.69 Å². The topological polar surface area (TPSA) is 82.1 Å². The van der Waals surface area contributed by atoms with Crippen LogP contribution in [0.25, 0.3) is 0 Å². The summed E-state index contributed by atoms with van der Waals surface area (Å²) in [6.07, 6.45) is 1.83. The van der Waals surface area contributed by atoms with Gasteiger partial charge in [0.05, 0.1) is 6.10 Å². The molecule has 1 aliphatic heterocycles. The van der Waals surface area contributed by atoms with Gasteiger partial charge in [-0.05, 0) is 43.4 Å². The monoisotopic (exact) mass is 275 g/mol. The summed E-state index contributed by atoms with van der Waals surface area (Å²) in [5.74, 6) is 1.05. The van der Waals surface area contributed by atoms with Gasteiger partial charge in [0.15, 0.2) is 5.84 Å². The Labute approximate surface area is 118 Å². The van der Waals surface area contributed by atoms with Crippen LogP contribution in [-0.4, -0.2) is 35.3 Å². The molecule has 5 nitrogen and oxygen atoms in total. The number of benzene rings is 1. The zero-order valence-electron chi connectivity index (χ0n) is 11.7. The summed E-state index contributed by atoms with van der Waals surface area (Å²) in [6, 6.07) is 5.92. The van der Waals surface area contributed by atoms with E-state index >= 15 is 0 Å². The van der Waals surface area contributed by atoms with Gasteiger partial charge in [-0.1, -0.05) is 11.2 Å². The van der Waals surface area contributed by atoms with Crippen LogP contribution in [0.1, 0.15) is 24.0 Å². The van der Waals surface area contributed by atoms with Gasteiger partial charge in [-0.2, -0.15) is 0 Å². The van der Waals surface area contributed by atoms with Crippen molar-refractivity contribution >= 4 is 11.5 Å². The number of rotatable bonds is 2. The Hall–Kier alpha value is -1.75. The van der Waals surface area contributed by atoms with Crippen molar-refractivity contribution in [1.29, 1.82) is 0 Å². The van der Waals surface area contributed by atoms with Crippen molar-refractivity contribution < 1.29 is 10.3 Å². The van der Waals surface area contributed by atoms with Crippen LogP contribution in [0.15, 0.2) is 23.4 Å². The normalized spacial score (nSPS) is 29.8. The molecule has 3 rings (SSSR count). The molecule has 20 heavy (non-hydrogen) atoms. The first-order valence-corrected chi connectivity index (χ1v) is 7.11. The molecule has 1 saturated heterocycles. The lowest BCUT2D eigenvalue weighted by Gasteiger charge is -2.23. The average Bonchev–Trinajstić information content (AvgIpc) is 3.00.